The van der Waals surface area contributed by atoms with E-state index in [1.165, 1.54) is 16.4 Å². The van der Waals surface area contributed by atoms with Gasteiger partial charge in [-0.25, -0.2) is 4.68 Å². The molecule has 0 bridgehead atoms. The molecule has 0 atom stereocenters. The van der Waals surface area contributed by atoms with E-state index in [1.807, 2.05) is 43.5 Å². The lowest BCUT2D eigenvalue weighted by molar-refractivity contribution is -0.116. The molecule has 0 spiro atoms. The predicted molar refractivity (Wildman–Crippen MR) is 123 cm³/mol. The minimum atomic E-state index is -0.266. The number of amides is 1. The lowest BCUT2D eigenvalue weighted by atomic mass is 10.2. The fourth-order valence-electron chi connectivity index (χ4n) is 3.08. The Hall–Kier alpha value is -3.79. The molecule has 164 valence electrons. The molecule has 0 aliphatic carbocycles. The summed E-state index contributed by atoms with van der Waals surface area (Å²) in [6.07, 6.45) is 1.87. The Morgan fingerprint density at radius 1 is 1.19 bits per heavy atom. The van der Waals surface area contributed by atoms with E-state index in [1.54, 1.807) is 24.3 Å². The monoisotopic (exact) mass is 450 g/mol. The van der Waals surface area contributed by atoms with Crippen molar-refractivity contribution in [3.05, 3.63) is 54.6 Å². The van der Waals surface area contributed by atoms with Gasteiger partial charge in [-0.1, -0.05) is 35.5 Å². The third-order valence-corrected chi connectivity index (χ3v) is 5.24. The molecule has 9 nitrogen and oxygen atoms in total. The number of carbonyl (C=O) groups is 1. The second kappa shape index (κ2) is 9.56. The molecule has 0 saturated heterocycles. The predicted octanol–water partition coefficient (Wildman–Crippen LogP) is 3.94. The molecule has 0 aliphatic heterocycles. The normalized spacial score (nSPS) is 10.8. The summed E-state index contributed by atoms with van der Waals surface area (Å²) in [7, 11) is 0. The van der Waals surface area contributed by atoms with Crippen LogP contribution in [0.1, 0.15) is 6.92 Å². The molecular weight excluding hydrogens is 428 g/mol. The van der Waals surface area contributed by atoms with Gasteiger partial charge in [0.1, 0.15) is 28.7 Å². The summed E-state index contributed by atoms with van der Waals surface area (Å²) < 4.78 is 12.3. The number of nitrogens with zero attached hydrogens (tertiary/aromatic N) is 4. The summed E-state index contributed by atoms with van der Waals surface area (Å²) in [5.74, 6) is 1.46. The number of thioether (sulfide) groups is 1. The molecule has 10 heteroatoms. The molecule has 1 amide bonds. The summed E-state index contributed by atoms with van der Waals surface area (Å²) in [5.41, 5.74) is 8.31. The number of rotatable bonds is 8. The van der Waals surface area contributed by atoms with Crippen molar-refractivity contribution in [2.75, 3.05) is 23.9 Å². The van der Waals surface area contributed by atoms with E-state index in [4.69, 9.17) is 15.0 Å². The van der Waals surface area contributed by atoms with Crippen LogP contribution in [0.15, 0.2) is 64.1 Å². The number of ether oxygens (including phenoxy) is 1. The van der Waals surface area contributed by atoms with Gasteiger partial charge < -0.3 is 20.3 Å². The van der Waals surface area contributed by atoms with Crippen molar-refractivity contribution in [1.82, 2.24) is 19.9 Å². The number of aromatic nitrogens is 4. The van der Waals surface area contributed by atoms with E-state index in [-0.39, 0.29) is 24.2 Å². The van der Waals surface area contributed by atoms with E-state index in [0.29, 0.717) is 28.7 Å². The Bertz CT molecular complexity index is 1200. The van der Waals surface area contributed by atoms with Crippen LogP contribution in [-0.2, 0) is 11.3 Å². The van der Waals surface area contributed by atoms with Gasteiger partial charge >= 0.3 is 0 Å². The van der Waals surface area contributed by atoms with Gasteiger partial charge in [-0.2, -0.15) is 10.1 Å². The number of nitrogen functional groups attached to an aromatic ring is 1. The van der Waals surface area contributed by atoms with Crippen LogP contribution < -0.4 is 15.8 Å². The van der Waals surface area contributed by atoms with Crippen molar-refractivity contribution in [2.45, 2.75) is 18.5 Å². The first-order chi connectivity index (χ1) is 15.6. The lowest BCUT2D eigenvalue weighted by Gasteiger charge is -2.08. The van der Waals surface area contributed by atoms with Gasteiger partial charge in [0, 0.05) is 11.3 Å². The molecule has 2 aromatic heterocycles. The molecule has 3 N–H and O–H groups in total. The smallest absolute Gasteiger partial charge is 0.264 e. The van der Waals surface area contributed by atoms with Crippen molar-refractivity contribution < 1.29 is 14.1 Å². The molecule has 2 heterocycles. The van der Waals surface area contributed by atoms with Gasteiger partial charge in [-0.05, 0) is 37.4 Å². The average molecular weight is 451 g/mol. The summed E-state index contributed by atoms with van der Waals surface area (Å²) in [4.78, 5) is 17.0. The number of carbonyl (C=O) groups excluding carboxylic acids is 1. The van der Waals surface area contributed by atoms with Crippen LogP contribution in [-0.4, -0.2) is 38.7 Å². The van der Waals surface area contributed by atoms with Gasteiger partial charge in [0.25, 0.3) is 5.89 Å². The fraction of sp³-hybridized carbons (Fsp3) is 0.182. The minimum Gasteiger partial charge on any atom is -0.494 e. The molecule has 32 heavy (non-hydrogen) atoms. The van der Waals surface area contributed by atoms with Gasteiger partial charge in [-0.15, -0.1) is 11.8 Å². The zero-order chi connectivity index (χ0) is 22.5. The standard InChI is InChI=1S/C22H22N6O3S/c1-3-30-16-11-9-15(10-12-16)24-17(29)13-28-19(23)18(22(26-28)32-2)21-25-20(27-31-21)14-7-5-4-6-8-14/h4-12H,3,13,23H2,1-2H3,(H,24,29). The Morgan fingerprint density at radius 2 is 1.94 bits per heavy atom. The van der Waals surface area contributed by atoms with Gasteiger partial charge in [-0.3, -0.25) is 4.79 Å². The van der Waals surface area contributed by atoms with Gasteiger partial charge in [0.05, 0.1) is 6.61 Å². The molecule has 4 rings (SSSR count). The maximum Gasteiger partial charge on any atom is 0.264 e. The van der Waals surface area contributed by atoms with Crippen LogP contribution in [0.5, 0.6) is 5.75 Å². The third-order valence-electron chi connectivity index (χ3n) is 4.57. The van der Waals surface area contributed by atoms with Crippen LogP contribution in [0, 0.1) is 0 Å². The van der Waals surface area contributed by atoms with Crippen molar-refractivity contribution in [1.29, 1.82) is 0 Å². The molecule has 2 aromatic carbocycles. The van der Waals surface area contributed by atoms with Crippen molar-refractivity contribution >= 4 is 29.2 Å². The Labute approximate surface area is 189 Å². The molecule has 0 saturated carbocycles. The molecule has 0 fully saturated rings. The van der Waals surface area contributed by atoms with Crippen LogP contribution in [0.2, 0.25) is 0 Å². The van der Waals surface area contributed by atoms with E-state index < -0.39 is 0 Å². The Morgan fingerprint density at radius 3 is 2.62 bits per heavy atom. The Balaban J connectivity index is 1.52. The molecular formula is C22H22N6O3S. The number of nitrogens with one attached hydrogen (secondary N) is 1. The van der Waals surface area contributed by atoms with Crippen LogP contribution in [0.25, 0.3) is 22.8 Å². The van der Waals surface area contributed by atoms with Gasteiger partial charge in [0.2, 0.25) is 11.7 Å². The Kier molecular flexibility index (Phi) is 6.41. The number of anilines is 2. The van der Waals surface area contributed by atoms with Crippen molar-refractivity contribution in [3.8, 4) is 28.6 Å². The van der Waals surface area contributed by atoms with Crippen molar-refractivity contribution in [2.24, 2.45) is 0 Å². The number of benzene rings is 2. The molecule has 0 unspecified atom stereocenters. The van der Waals surface area contributed by atoms with E-state index in [2.05, 4.69) is 20.6 Å². The van der Waals surface area contributed by atoms with Crippen LogP contribution in [0.3, 0.4) is 0 Å². The highest BCUT2D eigenvalue weighted by atomic mass is 32.2. The van der Waals surface area contributed by atoms with Crippen LogP contribution >= 0.6 is 11.8 Å². The van der Waals surface area contributed by atoms with E-state index in [9.17, 15) is 4.79 Å². The quantitative estimate of drug-likeness (QED) is 0.387. The first-order valence-electron chi connectivity index (χ1n) is 9.91. The number of hydrogen-bond donors (Lipinski definition) is 2. The highest BCUT2D eigenvalue weighted by Gasteiger charge is 2.23. The average Bonchev–Trinajstić information content (AvgIpc) is 3.40. The highest BCUT2D eigenvalue weighted by Crippen LogP contribution is 2.34. The zero-order valence-electron chi connectivity index (χ0n) is 17.6. The molecule has 0 aliphatic rings. The minimum absolute atomic E-state index is 0.0632. The van der Waals surface area contributed by atoms with E-state index in [0.717, 1.165) is 11.3 Å². The maximum atomic E-state index is 12.6. The van der Waals surface area contributed by atoms with Crippen LogP contribution in [0.4, 0.5) is 11.5 Å². The van der Waals surface area contributed by atoms with E-state index >= 15 is 0 Å². The fourth-order valence-corrected chi connectivity index (χ4v) is 3.66. The lowest BCUT2D eigenvalue weighted by Crippen LogP contribution is -2.20. The topological polar surface area (TPSA) is 121 Å². The first kappa shape index (κ1) is 21.4. The number of hydrogen-bond acceptors (Lipinski definition) is 8. The van der Waals surface area contributed by atoms with Gasteiger partial charge in [0.15, 0.2) is 0 Å². The highest BCUT2D eigenvalue weighted by molar-refractivity contribution is 7.98. The number of nitrogens with two attached hydrogens (primary N) is 1. The summed E-state index contributed by atoms with van der Waals surface area (Å²) >= 11 is 1.38. The summed E-state index contributed by atoms with van der Waals surface area (Å²) in [6.45, 7) is 2.43. The maximum absolute atomic E-state index is 12.6. The first-order valence-corrected chi connectivity index (χ1v) is 11.1. The largest absolute Gasteiger partial charge is 0.494 e. The summed E-state index contributed by atoms with van der Waals surface area (Å²) in [5, 5.41) is 11.9. The SMILES string of the molecule is CCOc1ccc(NC(=O)Cn2nc(SC)c(-c3nc(-c4ccccc4)no3)c2N)cc1. The third kappa shape index (κ3) is 4.59. The van der Waals surface area contributed by atoms with Crippen molar-refractivity contribution in [3.63, 3.8) is 0 Å². The zero-order valence-corrected chi connectivity index (χ0v) is 18.4. The second-order valence-electron chi connectivity index (χ2n) is 6.72. The second-order valence-corrected chi connectivity index (χ2v) is 7.52. The summed E-state index contributed by atoms with van der Waals surface area (Å²) in [6, 6.07) is 16.6. The molecule has 0 radical (unpaired) electrons. The molecule has 4 aromatic rings.